The van der Waals surface area contributed by atoms with Gasteiger partial charge in [0, 0.05) is 31.7 Å². The maximum Gasteiger partial charge on any atom is 0.122 e. The molecule has 1 aromatic rings. The predicted molar refractivity (Wildman–Crippen MR) is 82.9 cm³/mol. The summed E-state index contributed by atoms with van der Waals surface area (Å²) in [6.45, 7) is 6.51. The van der Waals surface area contributed by atoms with Crippen LogP contribution in [0.25, 0.3) is 0 Å². The van der Waals surface area contributed by atoms with Crippen LogP contribution in [0.4, 0.5) is 0 Å². The van der Waals surface area contributed by atoms with Crippen LogP contribution in [0.5, 0.6) is 11.5 Å². The fourth-order valence-electron chi connectivity index (χ4n) is 2.99. The molecule has 1 aliphatic rings. The Kier molecular flexibility index (Phi) is 5.45. The lowest BCUT2D eigenvalue weighted by atomic mass is 10.0. The number of nitrogens with zero attached hydrogens (tertiary/aromatic N) is 1. The van der Waals surface area contributed by atoms with Gasteiger partial charge in [0.2, 0.25) is 0 Å². The summed E-state index contributed by atoms with van der Waals surface area (Å²) in [4.78, 5) is 2.38. The first-order chi connectivity index (χ1) is 10.1. The third-order valence-corrected chi connectivity index (χ3v) is 3.87. The van der Waals surface area contributed by atoms with Crippen molar-refractivity contribution in [1.29, 1.82) is 0 Å². The van der Waals surface area contributed by atoms with Crippen LogP contribution in [-0.4, -0.2) is 51.0 Å². The Hall–Kier alpha value is -1.30. The predicted octanol–water partition coefficient (Wildman–Crippen LogP) is 1.81. The first-order valence-corrected chi connectivity index (χ1v) is 7.40. The topological polar surface area (TPSA) is 57.0 Å². The quantitative estimate of drug-likeness (QED) is 0.897. The van der Waals surface area contributed by atoms with Crippen molar-refractivity contribution < 1.29 is 14.2 Å². The zero-order valence-electron chi connectivity index (χ0n) is 13.3. The first-order valence-electron chi connectivity index (χ1n) is 7.40. The number of rotatable bonds is 5. The van der Waals surface area contributed by atoms with Crippen LogP contribution < -0.4 is 15.2 Å². The van der Waals surface area contributed by atoms with Gasteiger partial charge in [0.15, 0.2) is 0 Å². The van der Waals surface area contributed by atoms with E-state index in [0.29, 0.717) is 6.54 Å². The third kappa shape index (κ3) is 3.87. The smallest absolute Gasteiger partial charge is 0.122 e. The summed E-state index contributed by atoms with van der Waals surface area (Å²) >= 11 is 0. The molecule has 0 bridgehead atoms. The van der Waals surface area contributed by atoms with E-state index in [-0.39, 0.29) is 18.2 Å². The van der Waals surface area contributed by atoms with E-state index in [1.54, 1.807) is 14.2 Å². The molecule has 0 spiro atoms. The van der Waals surface area contributed by atoms with Crippen molar-refractivity contribution in [3.05, 3.63) is 23.8 Å². The molecule has 118 valence electrons. The summed E-state index contributed by atoms with van der Waals surface area (Å²) in [6.07, 6.45) is 0.436. The Morgan fingerprint density at radius 3 is 2.10 bits per heavy atom. The van der Waals surface area contributed by atoms with Crippen molar-refractivity contribution in [2.75, 3.05) is 33.9 Å². The molecule has 2 N–H and O–H groups in total. The lowest BCUT2D eigenvalue weighted by Gasteiger charge is -2.40. The van der Waals surface area contributed by atoms with Gasteiger partial charge in [-0.05, 0) is 31.5 Å². The van der Waals surface area contributed by atoms with Gasteiger partial charge in [0.25, 0.3) is 0 Å². The second kappa shape index (κ2) is 7.11. The third-order valence-electron chi connectivity index (χ3n) is 3.87. The van der Waals surface area contributed by atoms with Crippen LogP contribution in [0.1, 0.15) is 25.5 Å². The first kappa shape index (κ1) is 16.1. The van der Waals surface area contributed by atoms with E-state index in [1.807, 2.05) is 18.2 Å². The number of hydrogen-bond acceptors (Lipinski definition) is 5. The number of hydrogen-bond donors (Lipinski definition) is 1. The number of nitrogens with two attached hydrogens (primary N) is 1. The molecule has 1 heterocycles. The van der Waals surface area contributed by atoms with Gasteiger partial charge in [0.05, 0.1) is 26.4 Å². The summed E-state index contributed by atoms with van der Waals surface area (Å²) in [7, 11) is 3.32. The van der Waals surface area contributed by atoms with E-state index in [2.05, 4.69) is 18.7 Å². The SMILES string of the molecule is COc1cc(OC)cc([C@H](CN)N2C[C@@H](C)O[C@@H](C)C2)c1. The van der Waals surface area contributed by atoms with Crippen molar-refractivity contribution in [3.8, 4) is 11.5 Å². The van der Waals surface area contributed by atoms with E-state index in [4.69, 9.17) is 19.9 Å². The number of morpholine rings is 1. The Labute approximate surface area is 127 Å². The minimum Gasteiger partial charge on any atom is -0.497 e. The second-order valence-corrected chi connectivity index (χ2v) is 5.61. The highest BCUT2D eigenvalue weighted by atomic mass is 16.5. The molecule has 0 radical (unpaired) electrons. The van der Waals surface area contributed by atoms with E-state index < -0.39 is 0 Å². The zero-order chi connectivity index (χ0) is 15.4. The van der Waals surface area contributed by atoms with Crippen LogP contribution in [-0.2, 0) is 4.74 Å². The van der Waals surface area contributed by atoms with Gasteiger partial charge in [-0.15, -0.1) is 0 Å². The lowest BCUT2D eigenvalue weighted by molar-refractivity contribution is -0.0799. The Morgan fingerprint density at radius 1 is 1.14 bits per heavy atom. The molecular weight excluding hydrogens is 268 g/mol. The van der Waals surface area contributed by atoms with Crippen LogP contribution in [0.3, 0.4) is 0 Å². The Morgan fingerprint density at radius 2 is 1.67 bits per heavy atom. The zero-order valence-corrected chi connectivity index (χ0v) is 13.3. The molecule has 1 aliphatic heterocycles. The molecular formula is C16H26N2O3. The summed E-state index contributed by atoms with van der Waals surface area (Å²) in [5.41, 5.74) is 7.17. The molecule has 21 heavy (non-hydrogen) atoms. The van der Waals surface area contributed by atoms with Crippen molar-refractivity contribution in [2.45, 2.75) is 32.1 Å². The molecule has 2 rings (SSSR count). The van der Waals surface area contributed by atoms with Crippen LogP contribution in [0.2, 0.25) is 0 Å². The van der Waals surface area contributed by atoms with Gasteiger partial charge in [-0.2, -0.15) is 0 Å². The van der Waals surface area contributed by atoms with Crippen LogP contribution >= 0.6 is 0 Å². The standard InChI is InChI=1S/C16H26N2O3/c1-11-9-18(10-12(2)21-11)16(8-17)13-5-14(19-3)7-15(6-13)20-4/h5-7,11-12,16H,8-10,17H2,1-4H3/t11-,12+,16-/m0/s1. The number of methoxy groups -OCH3 is 2. The second-order valence-electron chi connectivity index (χ2n) is 5.61. The molecule has 0 unspecified atom stereocenters. The summed E-state index contributed by atoms with van der Waals surface area (Å²) in [5.74, 6) is 1.58. The molecule has 0 amide bonds. The van der Waals surface area contributed by atoms with Gasteiger partial charge in [-0.1, -0.05) is 0 Å². The van der Waals surface area contributed by atoms with Crippen molar-refractivity contribution in [3.63, 3.8) is 0 Å². The van der Waals surface area contributed by atoms with E-state index >= 15 is 0 Å². The van der Waals surface area contributed by atoms with Crippen LogP contribution in [0, 0.1) is 0 Å². The maximum absolute atomic E-state index is 6.05. The highest BCUT2D eigenvalue weighted by Crippen LogP contribution is 2.30. The van der Waals surface area contributed by atoms with E-state index in [0.717, 1.165) is 30.2 Å². The van der Waals surface area contributed by atoms with Crippen molar-refractivity contribution >= 4 is 0 Å². The van der Waals surface area contributed by atoms with Gasteiger partial charge >= 0.3 is 0 Å². The highest BCUT2D eigenvalue weighted by molar-refractivity contribution is 5.40. The molecule has 1 fully saturated rings. The molecule has 5 heteroatoms. The lowest BCUT2D eigenvalue weighted by Crippen LogP contribution is -2.48. The monoisotopic (exact) mass is 294 g/mol. The molecule has 5 nitrogen and oxygen atoms in total. The van der Waals surface area contributed by atoms with Gasteiger partial charge in [0.1, 0.15) is 11.5 Å². The minimum absolute atomic E-state index is 0.141. The normalized spacial score (nSPS) is 24.6. The Bertz CT molecular complexity index is 435. The van der Waals surface area contributed by atoms with Crippen molar-refractivity contribution in [2.24, 2.45) is 5.73 Å². The van der Waals surface area contributed by atoms with Crippen LogP contribution in [0.15, 0.2) is 18.2 Å². The minimum atomic E-state index is 0.141. The summed E-state index contributed by atoms with van der Waals surface area (Å²) in [6, 6.07) is 6.08. The molecule has 0 aliphatic carbocycles. The largest absolute Gasteiger partial charge is 0.497 e. The molecule has 0 aromatic heterocycles. The average molecular weight is 294 g/mol. The molecule has 3 atom stereocenters. The van der Waals surface area contributed by atoms with Gasteiger partial charge in [-0.3, -0.25) is 4.90 Å². The van der Waals surface area contributed by atoms with E-state index in [9.17, 15) is 0 Å². The molecule has 1 saturated heterocycles. The molecule has 1 aromatic carbocycles. The number of ether oxygens (including phenoxy) is 3. The Balaban J connectivity index is 2.27. The maximum atomic E-state index is 6.05. The fourth-order valence-corrected chi connectivity index (χ4v) is 2.99. The number of benzene rings is 1. The van der Waals surface area contributed by atoms with Gasteiger partial charge < -0.3 is 19.9 Å². The van der Waals surface area contributed by atoms with Crippen molar-refractivity contribution in [1.82, 2.24) is 4.90 Å². The van der Waals surface area contributed by atoms with E-state index in [1.165, 1.54) is 0 Å². The fraction of sp³-hybridized carbons (Fsp3) is 0.625. The highest BCUT2D eigenvalue weighted by Gasteiger charge is 2.28. The average Bonchev–Trinajstić information content (AvgIpc) is 2.46. The van der Waals surface area contributed by atoms with Gasteiger partial charge in [-0.25, -0.2) is 0 Å². The summed E-state index contributed by atoms with van der Waals surface area (Å²) in [5, 5.41) is 0. The molecule has 0 saturated carbocycles. The summed E-state index contributed by atoms with van der Waals surface area (Å²) < 4.78 is 16.5.